The molecule has 1 aromatic heterocycles. The van der Waals surface area contributed by atoms with Gasteiger partial charge in [0.1, 0.15) is 17.0 Å². The van der Waals surface area contributed by atoms with Gasteiger partial charge in [-0.15, -0.1) is 0 Å². The Morgan fingerprint density at radius 1 is 1.65 bits per heavy atom. The average Bonchev–Trinajstić information content (AvgIpc) is 2.28. The maximum atomic E-state index is 12.9. The number of pyridine rings is 1. The van der Waals surface area contributed by atoms with Gasteiger partial charge in [-0.05, 0) is 12.5 Å². The number of hydrogen-bond acceptors (Lipinski definition) is 3. The Morgan fingerprint density at radius 3 is 2.82 bits per heavy atom. The molecule has 0 aromatic carbocycles. The summed E-state index contributed by atoms with van der Waals surface area (Å²) in [4.78, 5) is 25.8. The predicted octanol–water partition coefficient (Wildman–Crippen LogP) is 1.47. The minimum Gasteiger partial charge on any atom is -0.480 e. The molecule has 0 saturated heterocycles. The molecule has 17 heavy (non-hydrogen) atoms. The smallest absolute Gasteiger partial charge is 0.326 e. The lowest BCUT2D eigenvalue weighted by molar-refractivity contribution is -0.139. The van der Waals surface area contributed by atoms with Crippen molar-refractivity contribution >= 4 is 23.5 Å². The first kappa shape index (κ1) is 13.4. The number of carboxylic acids is 1. The van der Waals surface area contributed by atoms with E-state index in [0.29, 0.717) is 0 Å². The van der Waals surface area contributed by atoms with Gasteiger partial charge in [0, 0.05) is 0 Å². The van der Waals surface area contributed by atoms with Crippen LogP contribution in [0.4, 0.5) is 4.39 Å². The minimum atomic E-state index is -1.17. The average molecular weight is 261 g/mol. The van der Waals surface area contributed by atoms with Crippen LogP contribution in [0, 0.1) is 5.82 Å². The Kier molecular flexibility index (Phi) is 4.39. The summed E-state index contributed by atoms with van der Waals surface area (Å²) in [6, 6.07) is -0.138. The number of carbonyl (C=O) groups excluding carboxylic acids is 1. The molecular weight excluding hydrogens is 251 g/mol. The molecule has 0 radical (unpaired) electrons. The van der Waals surface area contributed by atoms with Crippen LogP contribution in [0.25, 0.3) is 0 Å². The molecule has 7 heteroatoms. The first-order valence-corrected chi connectivity index (χ1v) is 5.18. The zero-order chi connectivity index (χ0) is 13.0. The van der Waals surface area contributed by atoms with Crippen molar-refractivity contribution in [2.75, 3.05) is 0 Å². The Morgan fingerprint density at radius 2 is 2.29 bits per heavy atom. The van der Waals surface area contributed by atoms with Crippen molar-refractivity contribution in [2.24, 2.45) is 0 Å². The summed E-state index contributed by atoms with van der Waals surface area (Å²) in [7, 11) is 0. The van der Waals surface area contributed by atoms with Crippen molar-refractivity contribution in [3.8, 4) is 0 Å². The molecule has 92 valence electrons. The molecule has 0 aliphatic carbocycles. The fraction of sp³-hybridized carbons (Fsp3) is 0.300. The van der Waals surface area contributed by atoms with Gasteiger partial charge < -0.3 is 10.4 Å². The molecule has 1 atom stereocenters. The normalized spacial score (nSPS) is 11.9. The van der Waals surface area contributed by atoms with E-state index in [1.807, 2.05) is 0 Å². The van der Waals surface area contributed by atoms with Crippen LogP contribution in [0.2, 0.25) is 5.15 Å². The second-order valence-electron chi connectivity index (χ2n) is 3.26. The number of nitrogens with zero attached hydrogens (tertiary/aromatic N) is 1. The summed E-state index contributed by atoms with van der Waals surface area (Å²) in [6.07, 6.45) is 1.08. The first-order valence-electron chi connectivity index (χ1n) is 4.80. The van der Waals surface area contributed by atoms with E-state index in [1.54, 1.807) is 6.92 Å². The third-order valence-electron chi connectivity index (χ3n) is 2.06. The highest BCUT2D eigenvalue weighted by atomic mass is 35.5. The molecule has 1 heterocycles. The quantitative estimate of drug-likeness (QED) is 0.804. The number of carbonyl (C=O) groups is 2. The summed E-state index contributed by atoms with van der Waals surface area (Å²) in [6.45, 7) is 1.60. The Hall–Kier alpha value is -1.69. The van der Waals surface area contributed by atoms with Gasteiger partial charge in [0.25, 0.3) is 5.91 Å². The minimum absolute atomic E-state index is 0.177. The van der Waals surface area contributed by atoms with Crippen LogP contribution in [0.5, 0.6) is 0 Å². The first-order chi connectivity index (χ1) is 7.95. The molecule has 0 spiro atoms. The van der Waals surface area contributed by atoms with E-state index >= 15 is 0 Å². The maximum Gasteiger partial charge on any atom is 0.326 e. The monoisotopic (exact) mass is 260 g/mol. The zero-order valence-electron chi connectivity index (χ0n) is 8.91. The van der Waals surface area contributed by atoms with Crippen LogP contribution >= 0.6 is 11.6 Å². The number of amides is 1. The Balaban J connectivity index is 2.89. The summed E-state index contributed by atoms with van der Waals surface area (Å²) >= 11 is 5.61. The number of halogens is 2. The van der Waals surface area contributed by atoms with E-state index < -0.39 is 23.7 Å². The second kappa shape index (κ2) is 5.58. The van der Waals surface area contributed by atoms with Gasteiger partial charge in [-0.3, -0.25) is 4.79 Å². The third-order valence-corrected chi connectivity index (χ3v) is 2.36. The summed E-state index contributed by atoms with van der Waals surface area (Å²) in [5, 5.41) is 10.8. The van der Waals surface area contributed by atoms with Crippen LogP contribution < -0.4 is 5.32 Å². The van der Waals surface area contributed by atoms with Gasteiger partial charge in [0.2, 0.25) is 0 Å². The van der Waals surface area contributed by atoms with E-state index in [-0.39, 0.29) is 17.1 Å². The van der Waals surface area contributed by atoms with Crippen LogP contribution in [0.3, 0.4) is 0 Å². The SMILES string of the molecule is CCC(NC(=O)c1cc(F)cnc1Cl)C(=O)O. The number of aromatic nitrogens is 1. The highest BCUT2D eigenvalue weighted by molar-refractivity contribution is 6.32. The second-order valence-corrected chi connectivity index (χ2v) is 3.62. The van der Waals surface area contributed by atoms with E-state index in [0.717, 1.165) is 12.3 Å². The van der Waals surface area contributed by atoms with Crippen LogP contribution in [0.15, 0.2) is 12.3 Å². The molecule has 0 fully saturated rings. The van der Waals surface area contributed by atoms with Gasteiger partial charge >= 0.3 is 5.97 Å². The number of hydrogen-bond donors (Lipinski definition) is 2. The molecule has 1 unspecified atom stereocenters. The highest BCUT2D eigenvalue weighted by Crippen LogP contribution is 2.13. The van der Waals surface area contributed by atoms with Crippen molar-refractivity contribution < 1.29 is 19.1 Å². The van der Waals surface area contributed by atoms with E-state index in [4.69, 9.17) is 16.7 Å². The van der Waals surface area contributed by atoms with Gasteiger partial charge in [0.15, 0.2) is 0 Å². The van der Waals surface area contributed by atoms with E-state index in [1.165, 1.54) is 0 Å². The maximum absolute atomic E-state index is 12.9. The molecule has 1 aromatic rings. The van der Waals surface area contributed by atoms with Gasteiger partial charge in [0.05, 0.1) is 11.8 Å². The molecule has 0 bridgehead atoms. The highest BCUT2D eigenvalue weighted by Gasteiger charge is 2.20. The molecule has 0 aliphatic heterocycles. The van der Waals surface area contributed by atoms with Crippen LogP contribution in [0.1, 0.15) is 23.7 Å². The fourth-order valence-corrected chi connectivity index (χ4v) is 1.35. The summed E-state index contributed by atoms with van der Waals surface area (Å²) < 4.78 is 12.9. The van der Waals surface area contributed by atoms with Gasteiger partial charge in [-0.25, -0.2) is 14.2 Å². The number of carboxylic acid groups (broad SMARTS) is 1. The summed E-state index contributed by atoms with van der Waals surface area (Å²) in [5.41, 5.74) is -0.189. The Labute approximate surface area is 102 Å². The van der Waals surface area contributed by atoms with Gasteiger partial charge in [-0.1, -0.05) is 18.5 Å². The Bertz CT molecular complexity index is 453. The lowest BCUT2D eigenvalue weighted by Crippen LogP contribution is -2.40. The van der Waals surface area contributed by atoms with E-state index in [2.05, 4.69) is 10.3 Å². The molecule has 1 amide bonds. The molecule has 0 aliphatic rings. The van der Waals surface area contributed by atoms with Crippen molar-refractivity contribution in [2.45, 2.75) is 19.4 Å². The van der Waals surface area contributed by atoms with Crippen molar-refractivity contribution in [3.63, 3.8) is 0 Å². The van der Waals surface area contributed by atoms with Crippen molar-refractivity contribution in [1.82, 2.24) is 10.3 Å². The van der Waals surface area contributed by atoms with Crippen molar-refractivity contribution in [3.05, 3.63) is 28.8 Å². The third kappa shape index (κ3) is 3.39. The zero-order valence-corrected chi connectivity index (χ0v) is 9.66. The van der Waals surface area contributed by atoms with Gasteiger partial charge in [-0.2, -0.15) is 0 Å². The summed E-state index contributed by atoms with van der Waals surface area (Å²) in [5.74, 6) is -2.65. The van der Waals surface area contributed by atoms with Crippen LogP contribution in [-0.4, -0.2) is 28.0 Å². The molecule has 1 rings (SSSR count). The molecular formula is C10H10ClFN2O3. The number of aliphatic carboxylic acids is 1. The largest absolute Gasteiger partial charge is 0.480 e. The standard InChI is InChI=1S/C10H10ClFN2O3/c1-2-7(10(16)17)14-9(15)6-3-5(12)4-13-8(6)11/h3-4,7H,2H2,1H3,(H,14,15)(H,16,17). The van der Waals surface area contributed by atoms with Crippen LogP contribution in [-0.2, 0) is 4.79 Å². The van der Waals surface area contributed by atoms with E-state index in [9.17, 15) is 14.0 Å². The number of nitrogens with one attached hydrogen (secondary N) is 1. The topological polar surface area (TPSA) is 79.3 Å². The fourth-order valence-electron chi connectivity index (χ4n) is 1.16. The van der Waals surface area contributed by atoms with Crippen molar-refractivity contribution in [1.29, 1.82) is 0 Å². The lowest BCUT2D eigenvalue weighted by atomic mass is 10.2. The molecule has 0 saturated carbocycles. The predicted molar refractivity (Wildman–Crippen MR) is 58.4 cm³/mol. The molecule has 2 N–H and O–H groups in total. The number of rotatable bonds is 4. The molecule has 5 nitrogen and oxygen atoms in total. The lowest BCUT2D eigenvalue weighted by Gasteiger charge is -2.12.